The monoisotopic (exact) mass is 368 g/mol. The van der Waals surface area contributed by atoms with E-state index in [-0.39, 0.29) is 11.7 Å². The molecule has 0 radical (unpaired) electrons. The van der Waals surface area contributed by atoms with E-state index >= 15 is 0 Å². The fourth-order valence-electron chi connectivity index (χ4n) is 3.17. The van der Waals surface area contributed by atoms with Gasteiger partial charge in [0.25, 0.3) is 5.91 Å². The smallest absolute Gasteiger partial charge is 0.290 e. The molecule has 0 saturated carbocycles. The molecule has 1 N–H and O–H groups in total. The highest BCUT2D eigenvalue weighted by Crippen LogP contribution is 2.26. The zero-order chi connectivity index (χ0) is 18.8. The second kappa shape index (κ2) is 7.06. The minimum Gasteiger partial charge on any atom is -0.454 e. The van der Waals surface area contributed by atoms with Gasteiger partial charge in [0, 0.05) is 25.5 Å². The van der Waals surface area contributed by atoms with E-state index in [0.29, 0.717) is 31.0 Å². The van der Waals surface area contributed by atoms with Gasteiger partial charge in [-0.25, -0.2) is 4.39 Å². The number of nitrogens with one attached hydrogen (secondary N) is 1. The molecule has 8 heteroatoms. The second-order valence-electron chi connectivity index (χ2n) is 6.22. The molecule has 1 atom stereocenters. The molecule has 1 fully saturated rings. The Bertz CT molecular complexity index is 967. The lowest BCUT2D eigenvalue weighted by Gasteiger charge is -2.34. The summed E-state index contributed by atoms with van der Waals surface area (Å²) in [7, 11) is 0. The van der Waals surface area contributed by atoms with Gasteiger partial charge in [0.15, 0.2) is 5.76 Å². The van der Waals surface area contributed by atoms with E-state index in [1.165, 1.54) is 23.1 Å². The molecule has 4 rings (SSSR count). The molecule has 27 heavy (non-hydrogen) atoms. The van der Waals surface area contributed by atoms with Crippen LogP contribution in [0.1, 0.15) is 27.9 Å². The number of aromatic nitrogens is 2. The van der Waals surface area contributed by atoms with Crippen LogP contribution in [-0.2, 0) is 11.3 Å². The average molecular weight is 368 g/mol. The fraction of sp³-hybridized carbons (Fsp3) is 0.211. The predicted molar refractivity (Wildman–Crippen MR) is 93.2 cm³/mol. The van der Waals surface area contributed by atoms with Gasteiger partial charge in [-0.1, -0.05) is 12.1 Å². The number of piperazine rings is 1. The van der Waals surface area contributed by atoms with E-state index in [2.05, 4.69) is 10.4 Å². The molecule has 1 aliphatic rings. The number of furan rings is 1. The number of benzene rings is 1. The van der Waals surface area contributed by atoms with Gasteiger partial charge in [-0.3, -0.25) is 14.3 Å². The number of rotatable bonds is 4. The Balaban J connectivity index is 1.59. The van der Waals surface area contributed by atoms with Crippen molar-refractivity contribution >= 4 is 11.8 Å². The summed E-state index contributed by atoms with van der Waals surface area (Å²) >= 11 is 0. The quantitative estimate of drug-likeness (QED) is 0.764. The zero-order valence-electron chi connectivity index (χ0n) is 14.3. The van der Waals surface area contributed by atoms with E-state index in [9.17, 15) is 14.0 Å². The van der Waals surface area contributed by atoms with E-state index < -0.39 is 17.8 Å². The van der Waals surface area contributed by atoms with Crippen molar-refractivity contribution in [3.05, 3.63) is 77.8 Å². The van der Waals surface area contributed by atoms with Crippen LogP contribution in [0.15, 0.2) is 59.3 Å². The van der Waals surface area contributed by atoms with E-state index in [4.69, 9.17) is 4.42 Å². The Kier molecular flexibility index (Phi) is 4.45. The lowest BCUT2D eigenvalue weighted by molar-refractivity contribution is -0.128. The van der Waals surface area contributed by atoms with Crippen molar-refractivity contribution < 1.29 is 18.4 Å². The highest BCUT2D eigenvalue weighted by Gasteiger charge is 2.36. The first-order valence-electron chi connectivity index (χ1n) is 8.52. The molecule has 1 saturated heterocycles. The van der Waals surface area contributed by atoms with Crippen LogP contribution >= 0.6 is 0 Å². The molecule has 3 heterocycles. The first-order chi connectivity index (χ1) is 13.1. The summed E-state index contributed by atoms with van der Waals surface area (Å²) in [6.07, 6.45) is 3.45. The van der Waals surface area contributed by atoms with Crippen molar-refractivity contribution in [1.29, 1.82) is 0 Å². The van der Waals surface area contributed by atoms with Crippen molar-refractivity contribution in [3.8, 4) is 0 Å². The average Bonchev–Trinajstić information content (AvgIpc) is 3.33. The molecule has 3 aromatic rings. The van der Waals surface area contributed by atoms with Crippen LogP contribution in [0.4, 0.5) is 4.39 Å². The SMILES string of the molecule is O=C1NCCN(C(=O)c2ccc(Cn3cccn3)o2)C1c1cccc(F)c1. The molecular weight excluding hydrogens is 351 g/mol. The van der Waals surface area contributed by atoms with Crippen molar-refractivity contribution in [2.75, 3.05) is 13.1 Å². The summed E-state index contributed by atoms with van der Waals surface area (Å²) in [4.78, 5) is 26.8. The van der Waals surface area contributed by atoms with Gasteiger partial charge >= 0.3 is 0 Å². The van der Waals surface area contributed by atoms with E-state index in [1.54, 1.807) is 41.3 Å². The lowest BCUT2D eigenvalue weighted by Crippen LogP contribution is -2.52. The maximum absolute atomic E-state index is 13.6. The number of carbonyl (C=O) groups excluding carboxylic acids is 2. The molecule has 7 nitrogen and oxygen atoms in total. The second-order valence-corrected chi connectivity index (χ2v) is 6.22. The number of hydrogen-bond acceptors (Lipinski definition) is 4. The van der Waals surface area contributed by atoms with Gasteiger partial charge in [0.05, 0.1) is 6.54 Å². The topological polar surface area (TPSA) is 80.4 Å². The Morgan fingerprint density at radius 3 is 2.96 bits per heavy atom. The minimum atomic E-state index is -0.901. The van der Waals surface area contributed by atoms with Crippen LogP contribution in [0.3, 0.4) is 0 Å². The lowest BCUT2D eigenvalue weighted by atomic mass is 10.0. The first kappa shape index (κ1) is 17.0. The molecular formula is C19H17FN4O3. The summed E-state index contributed by atoms with van der Waals surface area (Å²) in [5.74, 6) is -0.508. The van der Waals surface area contributed by atoms with Crippen LogP contribution in [0.5, 0.6) is 0 Å². The van der Waals surface area contributed by atoms with Gasteiger partial charge in [-0.15, -0.1) is 0 Å². The summed E-state index contributed by atoms with van der Waals surface area (Å²) in [6, 6.07) is 9.89. The summed E-state index contributed by atoms with van der Waals surface area (Å²) in [5.41, 5.74) is 0.420. The number of amides is 2. The molecule has 2 amide bonds. The third kappa shape index (κ3) is 3.46. The fourth-order valence-corrected chi connectivity index (χ4v) is 3.17. The predicted octanol–water partition coefficient (Wildman–Crippen LogP) is 1.98. The van der Waals surface area contributed by atoms with Gasteiger partial charge < -0.3 is 14.6 Å². The highest BCUT2D eigenvalue weighted by molar-refractivity contribution is 5.96. The van der Waals surface area contributed by atoms with Crippen molar-refractivity contribution in [1.82, 2.24) is 20.0 Å². The Labute approximate surface area is 154 Å². The van der Waals surface area contributed by atoms with Crippen molar-refractivity contribution in [2.45, 2.75) is 12.6 Å². The van der Waals surface area contributed by atoms with Gasteiger partial charge in [-0.2, -0.15) is 5.10 Å². The third-order valence-corrected chi connectivity index (χ3v) is 4.39. The molecule has 0 aliphatic carbocycles. The standard InChI is InChI=1S/C19H17FN4O3/c20-14-4-1-3-13(11-14)17-18(25)21-8-10-24(17)19(26)16-6-5-15(27-16)12-23-9-2-7-22-23/h1-7,9,11,17H,8,10,12H2,(H,21,25). The summed E-state index contributed by atoms with van der Waals surface area (Å²) in [5, 5.41) is 6.82. The van der Waals surface area contributed by atoms with Crippen LogP contribution in [0.2, 0.25) is 0 Å². The minimum absolute atomic E-state index is 0.133. The Hall–Kier alpha value is -3.42. The van der Waals surface area contributed by atoms with Crippen molar-refractivity contribution in [3.63, 3.8) is 0 Å². The third-order valence-electron chi connectivity index (χ3n) is 4.39. The molecule has 1 aromatic carbocycles. The largest absolute Gasteiger partial charge is 0.454 e. The normalized spacial score (nSPS) is 17.0. The number of halogens is 1. The van der Waals surface area contributed by atoms with Crippen LogP contribution < -0.4 is 5.32 Å². The summed E-state index contributed by atoms with van der Waals surface area (Å²) < 4.78 is 21.0. The van der Waals surface area contributed by atoms with Crippen molar-refractivity contribution in [2.24, 2.45) is 0 Å². The maximum Gasteiger partial charge on any atom is 0.290 e. The van der Waals surface area contributed by atoms with E-state index in [1.807, 2.05) is 0 Å². The number of hydrogen-bond donors (Lipinski definition) is 1. The number of carbonyl (C=O) groups is 2. The zero-order valence-corrected chi connectivity index (χ0v) is 14.3. The van der Waals surface area contributed by atoms with Gasteiger partial charge in [-0.05, 0) is 35.9 Å². The van der Waals surface area contributed by atoms with E-state index in [0.717, 1.165) is 0 Å². The van der Waals surface area contributed by atoms with Crippen LogP contribution in [0.25, 0.3) is 0 Å². The van der Waals surface area contributed by atoms with Crippen LogP contribution in [-0.4, -0.2) is 39.6 Å². The molecule has 1 unspecified atom stereocenters. The molecule has 2 aromatic heterocycles. The molecule has 0 bridgehead atoms. The highest BCUT2D eigenvalue weighted by atomic mass is 19.1. The van der Waals surface area contributed by atoms with Gasteiger partial charge in [0.1, 0.15) is 17.6 Å². The van der Waals surface area contributed by atoms with Crippen LogP contribution in [0, 0.1) is 5.82 Å². The molecule has 1 aliphatic heterocycles. The van der Waals surface area contributed by atoms with Gasteiger partial charge in [0.2, 0.25) is 5.91 Å². The first-order valence-corrected chi connectivity index (χ1v) is 8.52. The Morgan fingerprint density at radius 1 is 1.30 bits per heavy atom. The Morgan fingerprint density at radius 2 is 2.19 bits per heavy atom. The number of nitrogens with zero attached hydrogens (tertiary/aromatic N) is 3. The maximum atomic E-state index is 13.6. The molecule has 0 spiro atoms. The molecule has 138 valence electrons. The summed E-state index contributed by atoms with van der Waals surface area (Å²) in [6.45, 7) is 1.03.